The zero-order valence-corrected chi connectivity index (χ0v) is 19.3. The second kappa shape index (κ2) is 10.0. The average molecular weight is 515 g/mol. The number of hydrogen-bond acceptors (Lipinski definition) is 4. The molecule has 0 unspecified atom stereocenters. The van der Waals surface area contributed by atoms with Crippen LogP contribution in [0.25, 0.3) is 0 Å². The van der Waals surface area contributed by atoms with E-state index in [0.717, 1.165) is 20.0 Å². The quantitative estimate of drug-likeness (QED) is 0.297. The highest BCUT2D eigenvalue weighted by Gasteiger charge is 2.13. The molecule has 3 aromatic carbocycles. The molecule has 1 amide bonds. The van der Waals surface area contributed by atoms with Crippen LogP contribution >= 0.6 is 39.3 Å². The number of nitrogens with zero attached hydrogens (tertiary/aromatic N) is 2. The van der Waals surface area contributed by atoms with Gasteiger partial charge in [0.15, 0.2) is 12.4 Å². The zero-order chi connectivity index (χ0) is 21.6. The van der Waals surface area contributed by atoms with E-state index in [1.807, 2.05) is 54.6 Å². The number of ether oxygens (including phenoxy) is 1. The molecule has 0 fully saturated rings. The normalized spacial score (nSPS) is 10.6. The second-order valence-electron chi connectivity index (χ2n) is 6.45. The van der Waals surface area contributed by atoms with Crippen molar-refractivity contribution in [1.82, 2.24) is 9.78 Å². The van der Waals surface area contributed by atoms with E-state index in [-0.39, 0.29) is 12.6 Å². The number of nitrogens with one attached hydrogen (secondary N) is 1. The van der Waals surface area contributed by atoms with Crippen molar-refractivity contribution in [2.24, 2.45) is 0 Å². The lowest BCUT2D eigenvalue weighted by Crippen LogP contribution is -2.14. The molecule has 0 aliphatic carbocycles. The number of rotatable bonds is 7. The van der Waals surface area contributed by atoms with Crippen LogP contribution in [0, 0.1) is 0 Å². The molecular weight excluding hydrogens is 498 g/mol. The fourth-order valence-corrected chi connectivity index (χ4v) is 4.46. The third kappa shape index (κ3) is 5.70. The summed E-state index contributed by atoms with van der Waals surface area (Å²) >= 11 is 10.9. The maximum absolute atomic E-state index is 12.7. The van der Waals surface area contributed by atoms with Gasteiger partial charge in [0.2, 0.25) is 0 Å². The minimum absolute atomic E-state index is 0.161. The van der Waals surface area contributed by atoms with Crippen molar-refractivity contribution < 1.29 is 9.53 Å². The van der Waals surface area contributed by atoms with Crippen LogP contribution in [0.2, 0.25) is 5.02 Å². The van der Waals surface area contributed by atoms with E-state index >= 15 is 0 Å². The van der Waals surface area contributed by atoms with E-state index in [4.69, 9.17) is 16.3 Å². The molecular formula is C23H17BrClN3O2S. The van der Waals surface area contributed by atoms with Gasteiger partial charge in [-0.2, -0.15) is 5.10 Å². The summed E-state index contributed by atoms with van der Waals surface area (Å²) in [6, 6.07) is 24.6. The van der Waals surface area contributed by atoms with Crippen molar-refractivity contribution in [2.45, 2.75) is 16.5 Å². The summed E-state index contributed by atoms with van der Waals surface area (Å²) in [7, 11) is 0. The van der Waals surface area contributed by atoms with Gasteiger partial charge < -0.3 is 10.1 Å². The summed E-state index contributed by atoms with van der Waals surface area (Å²) in [5.41, 5.74) is 1.04. The molecule has 4 rings (SSSR count). The van der Waals surface area contributed by atoms with E-state index in [1.165, 1.54) is 0 Å². The van der Waals surface area contributed by atoms with Gasteiger partial charge in [-0.25, -0.2) is 4.68 Å². The van der Waals surface area contributed by atoms with E-state index in [9.17, 15) is 4.79 Å². The number of para-hydroxylation sites is 1. The topological polar surface area (TPSA) is 56.2 Å². The zero-order valence-electron chi connectivity index (χ0n) is 16.2. The fraction of sp³-hybridized carbons (Fsp3) is 0.0435. The Morgan fingerprint density at radius 3 is 2.65 bits per heavy atom. The molecule has 1 heterocycles. The Kier molecular flexibility index (Phi) is 6.96. The predicted molar refractivity (Wildman–Crippen MR) is 127 cm³/mol. The van der Waals surface area contributed by atoms with Gasteiger partial charge in [-0.1, -0.05) is 53.7 Å². The van der Waals surface area contributed by atoms with Crippen LogP contribution in [0.5, 0.6) is 5.75 Å². The van der Waals surface area contributed by atoms with Crippen LogP contribution < -0.4 is 10.1 Å². The minimum Gasteiger partial charge on any atom is -0.470 e. The Labute approximate surface area is 197 Å². The van der Waals surface area contributed by atoms with Crippen molar-refractivity contribution in [3.8, 4) is 5.75 Å². The first-order valence-electron chi connectivity index (χ1n) is 9.33. The van der Waals surface area contributed by atoms with Gasteiger partial charge in [-0.3, -0.25) is 4.79 Å². The number of hydrogen-bond donors (Lipinski definition) is 1. The minimum atomic E-state index is -0.285. The van der Waals surface area contributed by atoms with E-state index in [2.05, 4.69) is 26.3 Å². The number of anilines is 1. The first-order valence-corrected chi connectivity index (χ1v) is 11.3. The molecule has 0 saturated heterocycles. The van der Waals surface area contributed by atoms with Gasteiger partial charge in [0.05, 0.1) is 10.2 Å². The standard InChI is InChI=1S/C23H17BrClN3O2S/c24-18-14-16(25)10-11-21(18)30-15-28-13-12-20(27-28)23(29)26-19-8-4-5-9-22(19)31-17-6-2-1-3-7-17/h1-14H,15H2,(H,26,29). The van der Waals surface area contributed by atoms with Crippen LogP contribution in [-0.4, -0.2) is 15.7 Å². The van der Waals surface area contributed by atoms with Crippen LogP contribution in [0.15, 0.2) is 99.3 Å². The molecule has 0 aliphatic heterocycles. The van der Waals surface area contributed by atoms with Crippen LogP contribution in [0.1, 0.15) is 10.5 Å². The van der Waals surface area contributed by atoms with Crippen LogP contribution in [0.4, 0.5) is 5.69 Å². The van der Waals surface area contributed by atoms with Crippen molar-refractivity contribution >= 4 is 50.9 Å². The Bertz CT molecular complexity index is 1200. The molecule has 0 atom stereocenters. The highest BCUT2D eigenvalue weighted by Crippen LogP contribution is 2.33. The number of aromatic nitrogens is 2. The van der Waals surface area contributed by atoms with Crippen molar-refractivity contribution in [3.63, 3.8) is 0 Å². The van der Waals surface area contributed by atoms with Crippen molar-refractivity contribution in [2.75, 3.05) is 5.32 Å². The van der Waals surface area contributed by atoms with E-state index < -0.39 is 0 Å². The van der Waals surface area contributed by atoms with Gasteiger partial charge in [-0.15, -0.1) is 0 Å². The first-order chi connectivity index (χ1) is 15.1. The highest BCUT2D eigenvalue weighted by molar-refractivity contribution is 9.10. The fourth-order valence-electron chi connectivity index (χ4n) is 2.74. The monoisotopic (exact) mass is 513 g/mol. The molecule has 4 aromatic rings. The number of benzene rings is 3. The molecule has 156 valence electrons. The summed E-state index contributed by atoms with van der Waals surface area (Å²) in [5.74, 6) is 0.352. The summed E-state index contributed by atoms with van der Waals surface area (Å²) < 4.78 is 8.04. The Balaban J connectivity index is 1.41. The maximum atomic E-state index is 12.7. The second-order valence-corrected chi connectivity index (χ2v) is 8.86. The Hall–Kier alpha value is -2.74. The lowest BCUT2D eigenvalue weighted by Gasteiger charge is -2.10. The Morgan fingerprint density at radius 1 is 1.06 bits per heavy atom. The molecule has 0 radical (unpaired) electrons. The SMILES string of the molecule is O=C(Nc1ccccc1Sc1ccccc1)c1ccn(COc2ccc(Cl)cc2Br)n1. The number of carbonyl (C=O) groups is 1. The highest BCUT2D eigenvalue weighted by atomic mass is 79.9. The molecule has 0 bridgehead atoms. The van der Waals surface area contributed by atoms with Gasteiger partial charge >= 0.3 is 0 Å². The third-order valence-electron chi connectivity index (χ3n) is 4.23. The molecule has 1 N–H and O–H groups in total. The van der Waals surface area contributed by atoms with Crippen molar-refractivity contribution in [1.29, 1.82) is 0 Å². The summed E-state index contributed by atoms with van der Waals surface area (Å²) in [5, 5.41) is 7.88. The molecule has 0 aliphatic rings. The number of amides is 1. The smallest absolute Gasteiger partial charge is 0.276 e. The largest absolute Gasteiger partial charge is 0.470 e. The van der Waals surface area contributed by atoms with Gasteiger partial charge in [-0.05, 0) is 64.5 Å². The maximum Gasteiger partial charge on any atom is 0.276 e. The first kappa shape index (κ1) is 21.5. The molecule has 1 aromatic heterocycles. The third-order valence-corrected chi connectivity index (χ3v) is 6.16. The van der Waals surface area contributed by atoms with E-state index in [0.29, 0.717) is 16.5 Å². The molecule has 0 saturated carbocycles. The molecule has 8 heteroatoms. The predicted octanol–water partition coefficient (Wildman–Crippen LogP) is 6.74. The van der Waals surface area contributed by atoms with Gasteiger partial charge in [0.1, 0.15) is 5.75 Å². The van der Waals surface area contributed by atoms with Crippen LogP contribution in [-0.2, 0) is 6.73 Å². The number of carbonyl (C=O) groups excluding carboxylic acids is 1. The lowest BCUT2D eigenvalue weighted by molar-refractivity contribution is 0.102. The van der Waals surface area contributed by atoms with E-state index in [1.54, 1.807) is 46.9 Å². The summed E-state index contributed by atoms with van der Waals surface area (Å²) in [6.07, 6.45) is 1.70. The van der Waals surface area contributed by atoms with Gasteiger partial charge in [0.25, 0.3) is 5.91 Å². The van der Waals surface area contributed by atoms with Gasteiger partial charge in [0, 0.05) is 21.0 Å². The molecule has 5 nitrogen and oxygen atoms in total. The summed E-state index contributed by atoms with van der Waals surface area (Å²) in [4.78, 5) is 14.8. The lowest BCUT2D eigenvalue weighted by atomic mass is 10.3. The van der Waals surface area contributed by atoms with Crippen LogP contribution in [0.3, 0.4) is 0 Å². The number of halogens is 2. The Morgan fingerprint density at radius 2 is 1.84 bits per heavy atom. The molecule has 31 heavy (non-hydrogen) atoms. The average Bonchev–Trinajstić information content (AvgIpc) is 3.24. The summed E-state index contributed by atoms with van der Waals surface area (Å²) in [6.45, 7) is 0.161. The van der Waals surface area contributed by atoms with Crippen molar-refractivity contribution in [3.05, 3.63) is 100 Å². The molecule has 0 spiro atoms.